The number of aromatic amines is 1. The number of piperazine rings is 1. The number of hydrogen-bond acceptors (Lipinski definition) is 4. The maximum atomic E-state index is 13.1. The van der Waals surface area contributed by atoms with Gasteiger partial charge in [0.25, 0.3) is 11.8 Å². The van der Waals surface area contributed by atoms with E-state index in [0.29, 0.717) is 6.42 Å². The van der Waals surface area contributed by atoms with Crippen LogP contribution in [0.2, 0.25) is 0 Å². The monoisotopic (exact) mass is 363 g/mol. The SMILES string of the molecule is CS[C@]1(Cc2c[nH]c3ccccc23)NC(=O)[C@@](C)(SC)N(C)C1=O. The van der Waals surface area contributed by atoms with Gasteiger partial charge in [-0.15, -0.1) is 23.5 Å². The van der Waals surface area contributed by atoms with Crippen LogP contribution < -0.4 is 5.32 Å². The van der Waals surface area contributed by atoms with Crippen molar-refractivity contribution in [3.8, 4) is 0 Å². The molecular weight excluding hydrogens is 342 g/mol. The molecule has 0 aliphatic carbocycles. The van der Waals surface area contributed by atoms with E-state index in [1.165, 1.54) is 23.5 Å². The van der Waals surface area contributed by atoms with Crippen molar-refractivity contribution in [3.05, 3.63) is 36.0 Å². The Bertz CT molecular complexity index is 806. The molecule has 2 atom stereocenters. The van der Waals surface area contributed by atoms with Crippen LogP contribution in [0.15, 0.2) is 30.5 Å². The fourth-order valence-electron chi connectivity index (χ4n) is 3.08. The van der Waals surface area contributed by atoms with E-state index in [0.717, 1.165) is 16.5 Å². The first-order valence-electron chi connectivity index (χ1n) is 7.64. The van der Waals surface area contributed by atoms with Crippen molar-refractivity contribution in [3.63, 3.8) is 0 Å². The van der Waals surface area contributed by atoms with E-state index in [1.807, 2.05) is 43.0 Å². The fraction of sp³-hybridized carbons (Fsp3) is 0.412. The number of H-pyrrole nitrogens is 1. The van der Waals surface area contributed by atoms with Gasteiger partial charge in [-0.05, 0) is 31.1 Å². The lowest BCUT2D eigenvalue weighted by Gasteiger charge is -2.48. The van der Waals surface area contributed by atoms with Gasteiger partial charge in [0, 0.05) is 30.6 Å². The highest BCUT2D eigenvalue weighted by Crippen LogP contribution is 2.39. The van der Waals surface area contributed by atoms with Gasteiger partial charge in [0.2, 0.25) is 0 Å². The van der Waals surface area contributed by atoms with Crippen molar-refractivity contribution in [2.45, 2.75) is 23.1 Å². The zero-order valence-corrected chi connectivity index (χ0v) is 15.8. The van der Waals surface area contributed by atoms with Gasteiger partial charge in [-0.2, -0.15) is 0 Å². The summed E-state index contributed by atoms with van der Waals surface area (Å²) in [5.41, 5.74) is 2.05. The van der Waals surface area contributed by atoms with Crippen LogP contribution in [0, 0.1) is 0 Å². The molecule has 1 aliphatic heterocycles. The fourth-order valence-corrected chi connectivity index (χ4v) is 4.48. The van der Waals surface area contributed by atoms with Gasteiger partial charge in [-0.25, -0.2) is 0 Å². The van der Waals surface area contributed by atoms with Gasteiger partial charge in [-0.3, -0.25) is 9.59 Å². The first-order chi connectivity index (χ1) is 11.4. The van der Waals surface area contributed by atoms with Crippen molar-refractivity contribution in [1.82, 2.24) is 15.2 Å². The summed E-state index contributed by atoms with van der Waals surface area (Å²) in [6.45, 7) is 1.78. The van der Waals surface area contributed by atoms with Crippen LogP contribution in [0.1, 0.15) is 12.5 Å². The molecule has 0 radical (unpaired) electrons. The third-order valence-corrected chi connectivity index (χ3v) is 7.26. The molecule has 1 saturated heterocycles. The molecule has 5 nitrogen and oxygen atoms in total. The minimum atomic E-state index is -0.980. The molecule has 0 bridgehead atoms. The van der Waals surface area contributed by atoms with Crippen LogP contribution in [0.3, 0.4) is 0 Å². The lowest BCUT2D eigenvalue weighted by atomic mass is 9.99. The summed E-state index contributed by atoms with van der Waals surface area (Å²) >= 11 is 2.75. The van der Waals surface area contributed by atoms with E-state index < -0.39 is 9.74 Å². The average Bonchev–Trinajstić information content (AvgIpc) is 3.00. The number of hydrogen-bond donors (Lipinski definition) is 2. The minimum absolute atomic E-state index is 0.0725. The van der Waals surface area contributed by atoms with Crippen LogP contribution >= 0.6 is 23.5 Å². The van der Waals surface area contributed by atoms with E-state index in [2.05, 4.69) is 10.3 Å². The number of thioether (sulfide) groups is 2. The molecule has 24 heavy (non-hydrogen) atoms. The van der Waals surface area contributed by atoms with Crippen LogP contribution in [-0.4, -0.2) is 51.0 Å². The van der Waals surface area contributed by atoms with E-state index >= 15 is 0 Å². The molecular formula is C17H21N3O2S2. The number of carbonyl (C=O) groups is 2. The van der Waals surface area contributed by atoms with Gasteiger partial charge in [-0.1, -0.05) is 18.2 Å². The standard InChI is InChI=1S/C17H21N3O2S2/c1-16(23-3)14(21)19-17(24-4,15(22)20(16)2)9-11-10-18-13-8-6-5-7-12(11)13/h5-8,10,18H,9H2,1-4H3,(H,19,21)/t16-,17+/m1/s1. The van der Waals surface area contributed by atoms with Gasteiger partial charge >= 0.3 is 0 Å². The van der Waals surface area contributed by atoms with Crippen molar-refractivity contribution in [2.75, 3.05) is 19.6 Å². The molecule has 1 fully saturated rings. The second kappa shape index (κ2) is 6.04. The summed E-state index contributed by atoms with van der Waals surface area (Å²) in [7, 11) is 1.71. The van der Waals surface area contributed by atoms with Gasteiger partial charge in [0.1, 0.15) is 0 Å². The van der Waals surface area contributed by atoms with E-state index in [-0.39, 0.29) is 11.8 Å². The molecule has 128 valence electrons. The number of nitrogens with one attached hydrogen (secondary N) is 2. The number of nitrogens with zero attached hydrogens (tertiary/aromatic N) is 1. The van der Waals surface area contributed by atoms with Crippen LogP contribution in [0.25, 0.3) is 10.9 Å². The second-order valence-electron chi connectivity index (χ2n) is 6.07. The molecule has 7 heteroatoms. The molecule has 1 aromatic heterocycles. The zero-order valence-electron chi connectivity index (χ0n) is 14.2. The molecule has 0 saturated carbocycles. The summed E-state index contributed by atoms with van der Waals surface area (Å²) in [6.07, 6.45) is 6.07. The Morgan fingerprint density at radius 3 is 2.54 bits per heavy atom. The molecule has 0 spiro atoms. The van der Waals surface area contributed by atoms with Crippen molar-refractivity contribution >= 4 is 46.2 Å². The number of aromatic nitrogens is 1. The van der Waals surface area contributed by atoms with Crippen LogP contribution in [0.4, 0.5) is 0 Å². The Hall–Kier alpha value is -1.60. The molecule has 2 amide bonds. The maximum absolute atomic E-state index is 13.1. The number of fused-ring (bicyclic) bond motifs is 1. The molecule has 2 aromatic rings. The third-order valence-electron chi connectivity index (χ3n) is 4.89. The van der Waals surface area contributed by atoms with Gasteiger partial charge in [0.05, 0.1) is 0 Å². The van der Waals surface area contributed by atoms with Crippen molar-refractivity contribution < 1.29 is 9.59 Å². The summed E-state index contributed by atoms with van der Waals surface area (Å²) < 4.78 is 0. The molecule has 3 rings (SSSR count). The molecule has 2 N–H and O–H groups in total. The molecule has 1 aromatic carbocycles. The Morgan fingerprint density at radius 1 is 1.17 bits per heavy atom. The highest BCUT2D eigenvalue weighted by atomic mass is 32.2. The second-order valence-corrected chi connectivity index (χ2v) is 8.38. The first-order valence-corrected chi connectivity index (χ1v) is 10.1. The largest absolute Gasteiger partial charge is 0.361 e. The molecule has 0 unspecified atom stereocenters. The predicted octanol–water partition coefficient (Wildman–Crippen LogP) is 2.44. The normalized spacial score (nSPS) is 27.6. The number of amides is 2. The predicted molar refractivity (Wildman–Crippen MR) is 101 cm³/mol. The third kappa shape index (κ3) is 2.41. The Kier molecular flexibility index (Phi) is 4.34. The summed E-state index contributed by atoms with van der Waals surface area (Å²) in [5, 5.41) is 4.08. The van der Waals surface area contributed by atoms with Crippen molar-refractivity contribution in [2.24, 2.45) is 0 Å². The number of likely N-dealkylation sites (N-methyl/N-ethyl adjacent to an activating group) is 1. The lowest BCUT2D eigenvalue weighted by molar-refractivity contribution is -0.150. The smallest absolute Gasteiger partial charge is 0.260 e. The Labute approximate surface area is 149 Å². The van der Waals surface area contributed by atoms with Gasteiger partial charge in [0.15, 0.2) is 9.74 Å². The number of rotatable bonds is 4. The topological polar surface area (TPSA) is 65.2 Å². The summed E-state index contributed by atoms with van der Waals surface area (Å²) in [6, 6.07) is 7.98. The Balaban J connectivity index is 2.01. The number of carbonyl (C=O) groups excluding carboxylic acids is 2. The van der Waals surface area contributed by atoms with Crippen LogP contribution in [0.5, 0.6) is 0 Å². The van der Waals surface area contributed by atoms with Gasteiger partial charge < -0.3 is 15.2 Å². The van der Waals surface area contributed by atoms with Crippen LogP contribution in [-0.2, 0) is 16.0 Å². The number of para-hydroxylation sites is 1. The highest BCUT2D eigenvalue weighted by Gasteiger charge is 2.55. The lowest BCUT2D eigenvalue weighted by Crippen LogP contribution is -2.72. The molecule has 1 aliphatic rings. The average molecular weight is 364 g/mol. The van der Waals surface area contributed by atoms with Crippen molar-refractivity contribution in [1.29, 1.82) is 0 Å². The minimum Gasteiger partial charge on any atom is -0.361 e. The molecule has 2 heterocycles. The number of benzene rings is 1. The summed E-state index contributed by atoms with van der Waals surface area (Å²) in [5.74, 6) is -0.206. The Morgan fingerprint density at radius 2 is 1.88 bits per heavy atom. The maximum Gasteiger partial charge on any atom is 0.260 e. The van der Waals surface area contributed by atoms with E-state index in [4.69, 9.17) is 0 Å². The highest BCUT2D eigenvalue weighted by molar-refractivity contribution is 8.01. The van der Waals surface area contributed by atoms with E-state index in [1.54, 1.807) is 18.9 Å². The zero-order chi connectivity index (χ0) is 17.5. The first kappa shape index (κ1) is 17.2. The quantitative estimate of drug-likeness (QED) is 0.876. The summed E-state index contributed by atoms with van der Waals surface area (Å²) in [4.78, 5) is 28.8. The van der Waals surface area contributed by atoms with E-state index in [9.17, 15) is 9.59 Å².